The number of carbonyl (C=O) groups is 3. The fourth-order valence-corrected chi connectivity index (χ4v) is 5.61. The van der Waals surface area contributed by atoms with Gasteiger partial charge in [0.2, 0.25) is 11.7 Å². The lowest BCUT2D eigenvalue weighted by Gasteiger charge is -2.31. The average molecular weight is 658 g/mol. The van der Waals surface area contributed by atoms with Crippen LogP contribution in [-0.4, -0.2) is 73.6 Å². The summed E-state index contributed by atoms with van der Waals surface area (Å²) in [4.78, 5) is 45.1. The summed E-state index contributed by atoms with van der Waals surface area (Å²) in [6, 6.07) is -0.198. The normalized spacial score (nSPS) is 15.9. The van der Waals surface area contributed by atoms with Gasteiger partial charge in [-0.05, 0) is 38.8 Å². The van der Waals surface area contributed by atoms with Crippen LogP contribution in [0.15, 0.2) is 12.1 Å². The number of amides is 3. The molecule has 3 heterocycles. The molecule has 0 saturated carbocycles. The summed E-state index contributed by atoms with van der Waals surface area (Å²) >= 11 is 1.45. The third-order valence-corrected chi connectivity index (χ3v) is 7.52. The Labute approximate surface area is 253 Å². The largest absolute Gasteiger partial charge is 0.449 e. The quantitative estimate of drug-likeness (QED) is 0.356. The van der Waals surface area contributed by atoms with Crippen molar-refractivity contribution < 1.29 is 45.5 Å². The van der Waals surface area contributed by atoms with Crippen molar-refractivity contribution in [3.05, 3.63) is 52.4 Å². The second-order valence-corrected chi connectivity index (χ2v) is 12.0. The minimum absolute atomic E-state index is 0. The first-order valence-electron chi connectivity index (χ1n) is 13.0. The average Bonchev–Trinajstić information content (AvgIpc) is 3.53. The van der Waals surface area contributed by atoms with Crippen molar-refractivity contribution in [2.45, 2.75) is 64.5 Å². The molecule has 0 aliphatic carbocycles. The Bertz CT molecular complexity index is 1380. The van der Waals surface area contributed by atoms with Gasteiger partial charge in [-0.2, -0.15) is 13.2 Å². The van der Waals surface area contributed by atoms with E-state index in [0.29, 0.717) is 30.3 Å². The molecule has 0 spiro atoms. The van der Waals surface area contributed by atoms with E-state index in [-0.39, 0.29) is 43.3 Å². The second-order valence-electron chi connectivity index (χ2n) is 10.9. The van der Waals surface area contributed by atoms with Crippen LogP contribution in [0.4, 0.5) is 31.1 Å². The zero-order valence-corrected chi connectivity index (χ0v) is 25.0. The van der Waals surface area contributed by atoms with E-state index in [9.17, 15) is 40.7 Å². The monoisotopic (exact) mass is 657 g/mol. The highest BCUT2D eigenvalue weighted by Gasteiger charge is 2.42. The van der Waals surface area contributed by atoms with Crippen LogP contribution < -0.4 is 5.32 Å². The summed E-state index contributed by atoms with van der Waals surface area (Å²) in [6.07, 6.45) is -6.69. The molecule has 1 saturated heterocycles. The van der Waals surface area contributed by atoms with Gasteiger partial charge in [0.15, 0.2) is 17.3 Å². The Kier molecular flexibility index (Phi) is 10.6. The van der Waals surface area contributed by atoms with E-state index in [2.05, 4.69) is 10.3 Å². The third-order valence-electron chi connectivity index (χ3n) is 6.55. The molecule has 3 amide bonds. The molecule has 0 radical (unpaired) electrons. The topological polar surface area (TPSA) is 96.8 Å². The highest BCUT2D eigenvalue weighted by Crippen LogP contribution is 2.33. The van der Waals surface area contributed by atoms with E-state index >= 15 is 0 Å². The number of halogens is 7. The van der Waals surface area contributed by atoms with Crippen molar-refractivity contribution in [1.29, 1.82) is 0 Å². The number of hydrogen-bond acceptors (Lipinski definition) is 6. The molecule has 9 nitrogen and oxygen atoms in total. The number of alkyl halides is 3. The van der Waals surface area contributed by atoms with Crippen LogP contribution in [0.3, 0.4) is 0 Å². The summed E-state index contributed by atoms with van der Waals surface area (Å²) in [5, 5.41) is 2.44. The Hall–Kier alpha value is -3.14. The van der Waals surface area contributed by atoms with E-state index in [4.69, 9.17) is 4.74 Å². The zero-order valence-electron chi connectivity index (χ0n) is 23.4. The van der Waals surface area contributed by atoms with Crippen LogP contribution in [0.2, 0.25) is 0 Å². The Balaban J connectivity index is 0.00000506. The molecule has 1 aromatic heterocycles. The van der Waals surface area contributed by atoms with Crippen LogP contribution >= 0.6 is 24.2 Å². The van der Waals surface area contributed by atoms with Gasteiger partial charge < -0.3 is 24.4 Å². The zero-order chi connectivity index (χ0) is 31.0. The van der Waals surface area contributed by atoms with Crippen molar-refractivity contribution in [3.63, 3.8) is 0 Å². The van der Waals surface area contributed by atoms with Crippen molar-refractivity contribution in [1.82, 2.24) is 24.7 Å². The van der Waals surface area contributed by atoms with E-state index < -0.39 is 77.5 Å². The first-order chi connectivity index (χ1) is 19.5. The third kappa shape index (κ3) is 8.28. The van der Waals surface area contributed by atoms with Crippen LogP contribution in [0, 0.1) is 17.5 Å². The van der Waals surface area contributed by atoms with Gasteiger partial charge in [0.1, 0.15) is 11.4 Å². The van der Waals surface area contributed by atoms with Crippen molar-refractivity contribution in [3.8, 4) is 0 Å². The number of carbonyl (C=O) groups excluding carboxylic acids is 3. The minimum atomic E-state index is -4.84. The Morgan fingerprint density at radius 1 is 1.02 bits per heavy atom. The standard InChI is InChI=1S/C26H29F6N5O4S.ClH/c1-25(2,3)41-24(40)33-15(8-14-9-17(28)18(29)11-16(14)27)10-20(38)35-4-5-37-19(12-35)21(34-23(37)26(30,31)32)22(39)36-6-7-42-13-36;/h9,11,15H,4-8,10,12-13H2,1-3H3,(H,33,40);1H/t15-;/m1./s1. The lowest BCUT2D eigenvalue weighted by Crippen LogP contribution is -2.46. The van der Waals surface area contributed by atoms with Crippen molar-refractivity contribution in [2.24, 2.45) is 0 Å². The number of rotatable bonds is 6. The van der Waals surface area contributed by atoms with Gasteiger partial charge in [0.05, 0.1) is 18.1 Å². The van der Waals surface area contributed by atoms with Gasteiger partial charge >= 0.3 is 12.3 Å². The number of imidazole rings is 1. The van der Waals surface area contributed by atoms with E-state index in [1.54, 1.807) is 20.8 Å². The summed E-state index contributed by atoms with van der Waals surface area (Å²) in [6.45, 7) is 4.28. The molecule has 2 aliphatic rings. The van der Waals surface area contributed by atoms with Crippen LogP contribution in [-0.2, 0) is 35.2 Å². The number of benzene rings is 1. The number of aromatic nitrogens is 2. The van der Waals surface area contributed by atoms with Gasteiger partial charge in [-0.3, -0.25) is 9.59 Å². The number of nitrogens with zero attached hydrogens (tertiary/aromatic N) is 4. The number of fused-ring (bicyclic) bond motifs is 1. The molecule has 17 heteroatoms. The molecule has 2 aromatic rings. The molecule has 2 aliphatic heterocycles. The van der Waals surface area contributed by atoms with Crippen LogP contribution in [0.1, 0.15) is 54.8 Å². The SMILES string of the molecule is CC(C)(C)OC(=O)N[C@@H](CC(=O)N1CCn2c(C(F)(F)F)nc(C(=O)N3CCSC3)c2C1)Cc1cc(F)c(F)cc1F.Cl. The van der Waals surface area contributed by atoms with E-state index in [0.717, 1.165) is 4.57 Å². The van der Waals surface area contributed by atoms with Gasteiger partial charge in [-0.25, -0.2) is 22.9 Å². The van der Waals surface area contributed by atoms with Crippen molar-refractivity contribution >= 4 is 42.1 Å². The van der Waals surface area contributed by atoms with Crippen LogP contribution in [0.5, 0.6) is 0 Å². The maximum Gasteiger partial charge on any atom is 0.449 e. The van der Waals surface area contributed by atoms with Gasteiger partial charge in [-0.15, -0.1) is 24.2 Å². The number of alkyl carbamates (subject to hydrolysis) is 1. The smallest absolute Gasteiger partial charge is 0.444 e. The van der Waals surface area contributed by atoms with Crippen molar-refractivity contribution in [2.75, 3.05) is 24.7 Å². The van der Waals surface area contributed by atoms with E-state index in [1.807, 2.05) is 0 Å². The van der Waals surface area contributed by atoms with Gasteiger partial charge in [0.25, 0.3) is 5.91 Å². The van der Waals surface area contributed by atoms with Gasteiger partial charge in [-0.1, -0.05) is 0 Å². The fraction of sp³-hybridized carbons (Fsp3) is 0.538. The Morgan fingerprint density at radius 2 is 1.70 bits per heavy atom. The minimum Gasteiger partial charge on any atom is -0.444 e. The summed E-state index contributed by atoms with van der Waals surface area (Å²) in [5.74, 6) is -5.46. The maximum absolute atomic E-state index is 14.4. The molecule has 4 rings (SSSR count). The molecular formula is C26H30ClF6N5O4S. The lowest BCUT2D eigenvalue weighted by atomic mass is 10.0. The van der Waals surface area contributed by atoms with E-state index in [1.165, 1.54) is 21.6 Å². The predicted molar refractivity (Wildman–Crippen MR) is 146 cm³/mol. The molecule has 238 valence electrons. The van der Waals surface area contributed by atoms with Crippen LogP contribution in [0.25, 0.3) is 0 Å². The maximum atomic E-state index is 14.4. The Morgan fingerprint density at radius 3 is 2.30 bits per heavy atom. The first-order valence-corrected chi connectivity index (χ1v) is 14.1. The fourth-order valence-electron chi connectivity index (χ4n) is 4.67. The number of ether oxygens (including phenoxy) is 1. The molecule has 1 aromatic carbocycles. The van der Waals surface area contributed by atoms with Gasteiger partial charge in [0, 0.05) is 43.9 Å². The molecule has 1 fully saturated rings. The number of hydrogen-bond donors (Lipinski definition) is 1. The highest BCUT2D eigenvalue weighted by molar-refractivity contribution is 7.99. The molecular weight excluding hydrogens is 628 g/mol. The molecule has 0 bridgehead atoms. The molecule has 1 atom stereocenters. The molecule has 0 unspecified atom stereocenters. The number of thioether (sulfide) groups is 1. The summed E-state index contributed by atoms with van der Waals surface area (Å²) in [5.41, 5.74) is -1.71. The highest BCUT2D eigenvalue weighted by atomic mass is 35.5. The first kappa shape index (κ1) is 34.4. The summed E-state index contributed by atoms with van der Waals surface area (Å²) in [7, 11) is 0. The second kappa shape index (κ2) is 13.2. The molecule has 43 heavy (non-hydrogen) atoms. The molecule has 1 N–H and O–H groups in total. The summed E-state index contributed by atoms with van der Waals surface area (Å²) < 4.78 is 89.1. The predicted octanol–water partition coefficient (Wildman–Crippen LogP) is 4.76. The lowest BCUT2D eigenvalue weighted by molar-refractivity contribution is -0.148. The number of nitrogens with one attached hydrogen (secondary N) is 1.